The number of rotatable bonds is 3. The number of amides is 2. The summed E-state index contributed by atoms with van der Waals surface area (Å²) in [6.07, 6.45) is 4.99. The van der Waals surface area contributed by atoms with Crippen LogP contribution in [0.1, 0.15) is 5.56 Å². The fraction of sp³-hybridized carbons (Fsp3) is 0.273. The SMILES string of the molecule is O=C1N2CC=C(c3ccncc3)C(C2)N1OS(=O)(=O)[O-].[Na+]. The molecule has 0 aliphatic carbocycles. The molecule has 106 valence electrons. The van der Waals surface area contributed by atoms with Crippen molar-refractivity contribution in [3.63, 3.8) is 0 Å². The van der Waals surface area contributed by atoms with Gasteiger partial charge < -0.3 is 9.45 Å². The number of carbonyl (C=O) groups excluding carboxylic acids is 1. The van der Waals surface area contributed by atoms with E-state index in [-0.39, 0.29) is 36.1 Å². The molecule has 1 saturated heterocycles. The molecule has 21 heavy (non-hydrogen) atoms. The van der Waals surface area contributed by atoms with E-state index in [1.807, 2.05) is 6.08 Å². The third-order valence-electron chi connectivity index (χ3n) is 3.21. The maximum absolute atomic E-state index is 11.9. The third kappa shape index (κ3) is 3.28. The number of urea groups is 1. The van der Waals surface area contributed by atoms with Crippen molar-refractivity contribution in [3.8, 4) is 0 Å². The van der Waals surface area contributed by atoms with Crippen molar-refractivity contribution >= 4 is 22.0 Å². The maximum Gasteiger partial charge on any atom is 1.00 e. The van der Waals surface area contributed by atoms with E-state index in [9.17, 15) is 17.8 Å². The zero-order valence-corrected chi connectivity index (χ0v) is 14.0. The Kier molecular flexibility index (Phi) is 4.71. The monoisotopic (exact) mass is 319 g/mol. The van der Waals surface area contributed by atoms with Crippen LogP contribution in [-0.4, -0.2) is 53.1 Å². The van der Waals surface area contributed by atoms with Crippen LogP contribution in [-0.2, 0) is 14.7 Å². The number of hydrogen-bond donors (Lipinski definition) is 0. The van der Waals surface area contributed by atoms with Crippen molar-refractivity contribution in [2.75, 3.05) is 13.1 Å². The second kappa shape index (κ2) is 6.03. The first kappa shape index (κ1) is 16.4. The van der Waals surface area contributed by atoms with E-state index in [1.165, 1.54) is 4.90 Å². The summed E-state index contributed by atoms with van der Waals surface area (Å²) in [5.41, 5.74) is 1.54. The maximum atomic E-state index is 11.9. The number of nitrogens with zero attached hydrogens (tertiary/aromatic N) is 3. The van der Waals surface area contributed by atoms with Gasteiger partial charge in [-0.2, -0.15) is 9.35 Å². The molecule has 0 aromatic carbocycles. The topological polar surface area (TPSA) is 103 Å². The van der Waals surface area contributed by atoms with Crippen LogP contribution in [0.15, 0.2) is 30.6 Å². The summed E-state index contributed by atoms with van der Waals surface area (Å²) in [6, 6.07) is 2.24. The Morgan fingerprint density at radius 2 is 2.00 bits per heavy atom. The first-order chi connectivity index (χ1) is 9.46. The van der Waals surface area contributed by atoms with Crippen LogP contribution < -0.4 is 29.6 Å². The van der Waals surface area contributed by atoms with E-state index in [2.05, 4.69) is 9.27 Å². The molecule has 1 unspecified atom stereocenters. The molecule has 2 bridgehead atoms. The molecule has 2 aliphatic rings. The van der Waals surface area contributed by atoms with Gasteiger partial charge in [-0.15, -0.1) is 0 Å². The molecule has 2 aliphatic heterocycles. The zero-order chi connectivity index (χ0) is 14.3. The molecule has 0 N–H and O–H groups in total. The standard InChI is InChI=1S/C11H11N3O5S.Na/c15-11-13-6-3-9(8-1-4-12-5-2-8)10(7-13)14(11)19-20(16,17)18;/h1-5,10H,6-7H2,(H,16,17,18);/q;+1/p-1. The molecule has 0 spiro atoms. The summed E-state index contributed by atoms with van der Waals surface area (Å²) in [4.78, 5) is 17.2. The van der Waals surface area contributed by atoms with Crippen LogP contribution in [0.3, 0.4) is 0 Å². The molecule has 0 saturated carbocycles. The van der Waals surface area contributed by atoms with Gasteiger partial charge in [0, 0.05) is 18.9 Å². The van der Waals surface area contributed by atoms with Crippen LogP contribution in [0.5, 0.6) is 0 Å². The molecule has 1 fully saturated rings. The van der Waals surface area contributed by atoms with Crippen molar-refractivity contribution in [1.29, 1.82) is 0 Å². The third-order valence-corrected chi connectivity index (χ3v) is 3.55. The first-order valence-corrected chi connectivity index (χ1v) is 7.13. The van der Waals surface area contributed by atoms with E-state index in [0.717, 1.165) is 11.1 Å². The van der Waals surface area contributed by atoms with E-state index in [1.54, 1.807) is 24.5 Å². The van der Waals surface area contributed by atoms with Crippen molar-refractivity contribution in [2.24, 2.45) is 0 Å². The van der Waals surface area contributed by atoms with Gasteiger partial charge in [-0.25, -0.2) is 13.2 Å². The molecule has 10 heteroatoms. The summed E-state index contributed by atoms with van der Waals surface area (Å²) < 4.78 is 36.5. The van der Waals surface area contributed by atoms with Crippen molar-refractivity contribution in [1.82, 2.24) is 14.9 Å². The molecule has 3 rings (SSSR count). The molecule has 1 aromatic heterocycles. The normalized spacial score (nSPS) is 21.1. The zero-order valence-electron chi connectivity index (χ0n) is 11.2. The van der Waals surface area contributed by atoms with Gasteiger partial charge >= 0.3 is 35.6 Å². The van der Waals surface area contributed by atoms with Crippen molar-refractivity contribution < 1.29 is 51.6 Å². The van der Waals surface area contributed by atoms with E-state index in [4.69, 9.17) is 0 Å². The summed E-state index contributed by atoms with van der Waals surface area (Å²) in [5.74, 6) is 0. The van der Waals surface area contributed by atoms with Gasteiger partial charge in [-0.05, 0) is 23.3 Å². The molecule has 8 nitrogen and oxygen atoms in total. The average molecular weight is 319 g/mol. The van der Waals surface area contributed by atoms with E-state index in [0.29, 0.717) is 11.6 Å². The van der Waals surface area contributed by atoms with E-state index < -0.39 is 22.5 Å². The Bertz CT molecular complexity index is 678. The molecule has 1 aromatic rings. The summed E-state index contributed by atoms with van der Waals surface area (Å²) in [7, 11) is -5.00. The molecule has 1 atom stereocenters. The van der Waals surface area contributed by atoms with Crippen molar-refractivity contribution in [3.05, 3.63) is 36.2 Å². The second-order valence-corrected chi connectivity index (χ2v) is 5.37. The minimum atomic E-state index is -5.00. The van der Waals surface area contributed by atoms with Gasteiger partial charge in [-0.1, -0.05) is 6.08 Å². The van der Waals surface area contributed by atoms with Gasteiger partial charge in [0.2, 0.25) is 10.4 Å². The largest absolute Gasteiger partial charge is 1.00 e. The van der Waals surface area contributed by atoms with Gasteiger partial charge in [0.05, 0.1) is 6.54 Å². The van der Waals surface area contributed by atoms with Gasteiger partial charge in [0.25, 0.3) is 0 Å². The fourth-order valence-corrected chi connectivity index (χ4v) is 2.76. The Morgan fingerprint density at radius 1 is 1.33 bits per heavy atom. The van der Waals surface area contributed by atoms with Gasteiger partial charge in [-0.3, -0.25) is 4.98 Å². The Morgan fingerprint density at radius 3 is 2.62 bits per heavy atom. The smallest absolute Gasteiger partial charge is 0.724 e. The molecule has 3 heterocycles. The van der Waals surface area contributed by atoms with Crippen molar-refractivity contribution in [2.45, 2.75) is 6.04 Å². The minimum absolute atomic E-state index is 0. The number of pyridine rings is 1. The quantitative estimate of drug-likeness (QED) is 0.334. The van der Waals surface area contributed by atoms with Crippen LogP contribution in [0, 0.1) is 0 Å². The van der Waals surface area contributed by atoms with Gasteiger partial charge in [0.1, 0.15) is 6.04 Å². The van der Waals surface area contributed by atoms with Crippen LogP contribution >= 0.6 is 0 Å². The number of hydrogen-bond acceptors (Lipinski definition) is 6. The van der Waals surface area contributed by atoms with Crippen LogP contribution in [0.25, 0.3) is 5.57 Å². The predicted octanol–water partition coefficient (Wildman–Crippen LogP) is -3.02. The predicted molar refractivity (Wildman–Crippen MR) is 65.6 cm³/mol. The van der Waals surface area contributed by atoms with Crippen LogP contribution in [0.4, 0.5) is 4.79 Å². The first-order valence-electron chi connectivity index (χ1n) is 5.80. The average Bonchev–Trinajstić information content (AvgIpc) is 2.64. The molecule has 0 radical (unpaired) electrons. The number of hydroxylamine groups is 2. The summed E-state index contributed by atoms with van der Waals surface area (Å²) in [5, 5.41) is 0.627. The Balaban J connectivity index is 0.00000161. The molecular formula is C11H10N3NaO5S. The second-order valence-electron chi connectivity index (χ2n) is 4.41. The number of aromatic nitrogens is 1. The van der Waals surface area contributed by atoms with Crippen LogP contribution in [0.2, 0.25) is 0 Å². The number of fused-ring (bicyclic) bond motifs is 2. The molecule has 2 amide bonds. The molecular weight excluding hydrogens is 309 g/mol. The summed E-state index contributed by atoms with van der Waals surface area (Å²) in [6.45, 7) is 0.619. The van der Waals surface area contributed by atoms with E-state index >= 15 is 0 Å². The number of carbonyl (C=O) groups is 1. The summed E-state index contributed by atoms with van der Waals surface area (Å²) >= 11 is 0. The Labute approximate surface area is 143 Å². The van der Waals surface area contributed by atoms with Gasteiger partial charge in [0.15, 0.2) is 0 Å². The fourth-order valence-electron chi connectivity index (χ4n) is 2.39. The minimum Gasteiger partial charge on any atom is -0.724 e. The Hall–Kier alpha value is -0.970.